The smallest absolute Gasteiger partial charge is 0.111 e. The molecule has 0 N–H and O–H groups in total. The molecular formula is C47H30N2. The lowest BCUT2D eigenvalue weighted by molar-refractivity contribution is 0.795. The van der Waals surface area contributed by atoms with Crippen molar-refractivity contribution in [1.29, 1.82) is 0 Å². The first kappa shape index (κ1) is 26.8. The van der Waals surface area contributed by atoms with Crippen LogP contribution in [0.25, 0.3) is 71.6 Å². The summed E-state index contributed by atoms with van der Waals surface area (Å²) in [6.07, 6.45) is 0. The van der Waals surface area contributed by atoms with Gasteiger partial charge in [-0.05, 0) is 114 Å². The summed E-state index contributed by atoms with van der Waals surface area (Å²) in [5.74, 6) is 0.984. The lowest BCUT2D eigenvalue weighted by Crippen LogP contribution is -2.26. The second-order valence-corrected chi connectivity index (χ2v) is 13.5. The zero-order valence-electron chi connectivity index (χ0n) is 27.0. The van der Waals surface area contributed by atoms with Crippen molar-refractivity contribution in [2.45, 2.75) is 12.3 Å². The molecule has 1 aromatic heterocycles. The molecule has 2 heteroatoms. The molecule has 1 heterocycles. The highest BCUT2D eigenvalue weighted by Crippen LogP contribution is 2.65. The van der Waals surface area contributed by atoms with Crippen LogP contribution >= 0.6 is 0 Å². The zero-order valence-corrected chi connectivity index (χ0v) is 27.0. The Morgan fingerprint density at radius 2 is 1.12 bits per heavy atom. The molecular weight excluding hydrogens is 593 g/mol. The lowest BCUT2D eigenvalue weighted by atomic mass is 9.70. The molecule has 0 aliphatic heterocycles. The molecule has 8 aromatic carbocycles. The summed E-state index contributed by atoms with van der Waals surface area (Å²) in [6, 6.07) is 60.8. The Balaban J connectivity index is 1.28. The van der Waals surface area contributed by atoms with Gasteiger partial charge in [-0.3, -0.25) is 4.57 Å². The number of fused-ring (bicyclic) bond motifs is 15. The minimum absolute atomic E-state index is 0.435. The standard InChI is InChI=1S/C47H30N2/c1-29-48-43-23-10-11-24-44(43)49(29)32-15-12-14-31(27-32)38-28-42-46(37-20-5-4-17-34(37)38)45-33-16-3-2-13-30(33)25-26-41(45)47(42)39-21-8-6-18-35(39)36-19-7-9-22-40(36)47/h2-28H,1H3. The van der Waals surface area contributed by atoms with Crippen LogP contribution in [0.1, 0.15) is 28.1 Å². The predicted octanol–water partition coefficient (Wildman–Crippen LogP) is 11.7. The fourth-order valence-corrected chi connectivity index (χ4v) is 9.28. The third-order valence-electron chi connectivity index (χ3n) is 11.1. The summed E-state index contributed by atoms with van der Waals surface area (Å²) in [7, 11) is 0. The molecule has 0 radical (unpaired) electrons. The first-order valence-electron chi connectivity index (χ1n) is 17.1. The van der Waals surface area contributed by atoms with Crippen LogP contribution in [0, 0.1) is 6.92 Å². The maximum absolute atomic E-state index is 4.89. The summed E-state index contributed by atoms with van der Waals surface area (Å²) >= 11 is 0. The van der Waals surface area contributed by atoms with Gasteiger partial charge < -0.3 is 0 Å². The number of hydrogen-bond donors (Lipinski definition) is 0. The van der Waals surface area contributed by atoms with Gasteiger partial charge in [0.1, 0.15) is 5.82 Å². The average molecular weight is 623 g/mol. The topological polar surface area (TPSA) is 17.8 Å². The number of hydrogen-bond acceptors (Lipinski definition) is 1. The highest BCUT2D eigenvalue weighted by Gasteiger charge is 2.52. The second kappa shape index (κ2) is 9.65. The van der Waals surface area contributed by atoms with Gasteiger partial charge in [-0.2, -0.15) is 0 Å². The minimum atomic E-state index is -0.435. The van der Waals surface area contributed by atoms with E-state index >= 15 is 0 Å². The van der Waals surface area contributed by atoms with E-state index in [0.717, 1.165) is 22.5 Å². The van der Waals surface area contributed by atoms with Crippen molar-refractivity contribution in [2.24, 2.45) is 0 Å². The van der Waals surface area contributed by atoms with Crippen molar-refractivity contribution in [1.82, 2.24) is 9.55 Å². The van der Waals surface area contributed by atoms with E-state index in [4.69, 9.17) is 4.98 Å². The predicted molar refractivity (Wildman–Crippen MR) is 203 cm³/mol. The monoisotopic (exact) mass is 622 g/mol. The molecule has 9 aromatic rings. The zero-order chi connectivity index (χ0) is 32.3. The number of para-hydroxylation sites is 2. The third-order valence-corrected chi connectivity index (χ3v) is 11.1. The first-order chi connectivity index (χ1) is 24.2. The van der Waals surface area contributed by atoms with Crippen LogP contribution in [-0.2, 0) is 5.41 Å². The largest absolute Gasteiger partial charge is 0.297 e. The normalized spacial score (nSPS) is 13.6. The third kappa shape index (κ3) is 3.38. The number of benzene rings is 8. The molecule has 0 bridgehead atoms. The van der Waals surface area contributed by atoms with Gasteiger partial charge in [0.05, 0.1) is 16.4 Å². The van der Waals surface area contributed by atoms with Gasteiger partial charge in [0.15, 0.2) is 0 Å². The molecule has 1 spiro atoms. The van der Waals surface area contributed by atoms with Gasteiger partial charge in [0, 0.05) is 5.69 Å². The van der Waals surface area contributed by atoms with E-state index in [-0.39, 0.29) is 0 Å². The maximum Gasteiger partial charge on any atom is 0.111 e. The Kier molecular flexibility index (Phi) is 5.28. The Hall–Kier alpha value is -6.25. The van der Waals surface area contributed by atoms with Crippen molar-refractivity contribution in [2.75, 3.05) is 0 Å². The van der Waals surface area contributed by atoms with Gasteiger partial charge >= 0.3 is 0 Å². The summed E-state index contributed by atoms with van der Waals surface area (Å²) in [6.45, 7) is 2.09. The molecule has 0 unspecified atom stereocenters. The second-order valence-electron chi connectivity index (χ2n) is 13.5. The molecule has 0 atom stereocenters. The Morgan fingerprint density at radius 1 is 0.469 bits per heavy atom. The average Bonchev–Trinajstić information content (AvgIpc) is 3.77. The quantitative estimate of drug-likeness (QED) is 0.188. The number of nitrogens with zero attached hydrogens (tertiary/aromatic N) is 2. The van der Waals surface area contributed by atoms with Crippen molar-refractivity contribution in [3.05, 3.63) is 192 Å². The molecule has 228 valence electrons. The summed E-state index contributed by atoms with van der Waals surface area (Å²) < 4.78 is 2.28. The van der Waals surface area contributed by atoms with E-state index in [9.17, 15) is 0 Å². The van der Waals surface area contributed by atoms with E-state index in [2.05, 4.69) is 175 Å². The molecule has 0 amide bonds. The van der Waals surface area contributed by atoms with Gasteiger partial charge in [-0.25, -0.2) is 4.98 Å². The number of rotatable bonds is 2. The van der Waals surface area contributed by atoms with Crippen LogP contribution < -0.4 is 0 Å². The van der Waals surface area contributed by atoms with Crippen molar-refractivity contribution < 1.29 is 0 Å². The molecule has 49 heavy (non-hydrogen) atoms. The van der Waals surface area contributed by atoms with Crippen LogP contribution in [0.15, 0.2) is 164 Å². The van der Waals surface area contributed by atoms with Gasteiger partial charge in [-0.15, -0.1) is 0 Å². The van der Waals surface area contributed by atoms with Crippen LogP contribution in [0.2, 0.25) is 0 Å². The van der Waals surface area contributed by atoms with Gasteiger partial charge in [0.25, 0.3) is 0 Å². The Bertz CT molecular complexity index is 2810. The highest BCUT2D eigenvalue weighted by atomic mass is 15.1. The lowest BCUT2D eigenvalue weighted by Gasteiger charge is -2.31. The maximum atomic E-state index is 4.89. The minimum Gasteiger partial charge on any atom is -0.297 e. The van der Waals surface area contributed by atoms with Gasteiger partial charge in [-0.1, -0.05) is 133 Å². The van der Waals surface area contributed by atoms with Gasteiger partial charge in [0.2, 0.25) is 0 Å². The summed E-state index contributed by atoms with van der Waals surface area (Å²) in [4.78, 5) is 4.89. The summed E-state index contributed by atoms with van der Waals surface area (Å²) in [5.41, 5.74) is 16.1. The number of aromatic nitrogens is 2. The van der Waals surface area contributed by atoms with Crippen molar-refractivity contribution in [3.63, 3.8) is 0 Å². The molecule has 0 saturated carbocycles. The number of imidazole rings is 1. The number of aryl methyl sites for hydroxylation is 1. The molecule has 0 saturated heterocycles. The van der Waals surface area contributed by atoms with Crippen LogP contribution in [0.3, 0.4) is 0 Å². The highest BCUT2D eigenvalue weighted by molar-refractivity contribution is 6.16. The fraction of sp³-hybridized carbons (Fsp3) is 0.0426. The van der Waals surface area contributed by atoms with E-state index < -0.39 is 5.41 Å². The van der Waals surface area contributed by atoms with Crippen molar-refractivity contribution in [3.8, 4) is 39.1 Å². The van der Waals surface area contributed by atoms with Crippen LogP contribution in [0.5, 0.6) is 0 Å². The Morgan fingerprint density at radius 3 is 1.94 bits per heavy atom. The molecule has 2 aliphatic carbocycles. The molecule has 2 nitrogen and oxygen atoms in total. The summed E-state index contributed by atoms with van der Waals surface area (Å²) in [5, 5.41) is 5.14. The fourth-order valence-electron chi connectivity index (χ4n) is 9.28. The van der Waals surface area contributed by atoms with E-state index in [1.807, 2.05) is 0 Å². The van der Waals surface area contributed by atoms with Crippen molar-refractivity contribution >= 4 is 32.6 Å². The van der Waals surface area contributed by atoms with E-state index in [1.165, 1.54) is 77.2 Å². The van der Waals surface area contributed by atoms with E-state index in [1.54, 1.807) is 0 Å². The SMILES string of the molecule is Cc1nc2ccccc2n1-c1cccc(-c2cc3c(c4ccccc24)-c2c(ccc4ccccc24)C32c3ccccc3-c3ccccc32)c1. The van der Waals surface area contributed by atoms with Crippen LogP contribution in [0.4, 0.5) is 0 Å². The Labute approximate surface area is 284 Å². The molecule has 2 aliphatic rings. The van der Waals surface area contributed by atoms with E-state index in [0.29, 0.717) is 0 Å². The molecule has 0 fully saturated rings. The molecule has 11 rings (SSSR count). The van der Waals surface area contributed by atoms with Crippen LogP contribution in [-0.4, -0.2) is 9.55 Å². The first-order valence-corrected chi connectivity index (χ1v) is 17.1.